The van der Waals surface area contributed by atoms with Gasteiger partial charge in [-0.1, -0.05) is 0 Å². The lowest BCUT2D eigenvalue weighted by Gasteiger charge is -1.77. The Hall–Kier alpha value is -1.32. The van der Waals surface area contributed by atoms with Gasteiger partial charge in [0.1, 0.15) is 5.69 Å². The molecule has 1 aromatic heterocycles. The highest BCUT2D eigenvalue weighted by Gasteiger charge is 1.97. The molecule has 0 amide bonds. The van der Waals surface area contributed by atoms with Gasteiger partial charge in [-0.25, -0.2) is 0 Å². The second kappa shape index (κ2) is 1.65. The summed E-state index contributed by atoms with van der Waals surface area (Å²) in [6, 6.07) is 0. The third-order valence-corrected chi connectivity index (χ3v) is 0.766. The number of carbonyl (C=O) groups excluding carboxylic acids is 1. The molecule has 0 aliphatic rings. The minimum atomic E-state index is -0.111. The SMILES string of the molecule is O=Cc1[nH]ncc1O. The lowest BCUT2D eigenvalue weighted by molar-refractivity contribution is 0.111. The summed E-state index contributed by atoms with van der Waals surface area (Å²) in [5.74, 6) is -0.111. The highest BCUT2D eigenvalue weighted by atomic mass is 16.3. The van der Waals surface area contributed by atoms with Crippen LogP contribution in [0.5, 0.6) is 5.75 Å². The van der Waals surface area contributed by atoms with Crippen molar-refractivity contribution in [1.82, 2.24) is 10.2 Å². The van der Waals surface area contributed by atoms with Crippen molar-refractivity contribution in [3.8, 4) is 5.75 Å². The van der Waals surface area contributed by atoms with Crippen molar-refractivity contribution in [3.63, 3.8) is 0 Å². The number of H-pyrrole nitrogens is 1. The summed E-state index contributed by atoms with van der Waals surface area (Å²) in [6.45, 7) is 0. The molecule has 0 spiro atoms. The maximum atomic E-state index is 9.86. The van der Waals surface area contributed by atoms with Gasteiger partial charge < -0.3 is 5.11 Å². The molecule has 0 unspecified atom stereocenters. The molecule has 0 aliphatic carbocycles. The van der Waals surface area contributed by atoms with Crippen molar-refractivity contribution < 1.29 is 9.90 Å². The van der Waals surface area contributed by atoms with Gasteiger partial charge in [-0.15, -0.1) is 0 Å². The van der Waals surface area contributed by atoms with Crippen molar-refractivity contribution in [2.75, 3.05) is 0 Å². The van der Waals surface area contributed by atoms with Gasteiger partial charge in [0.05, 0.1) is 6.20 Å². The molecule has 0 saturated carbocycles. The van der Waals surface area contributed by atoms with Gasteiger partial charge in [0.25, 0.3) is 0 Å². The van der Waals surface area contributed by atoms with E-state index in [1.165, 1.54) is 6.20 Å². The Kier molecular flexibility index (Phi) is 0.997. The number of aromatic amines is 1. The number of nitrogens with one attached hydrogen (secondary N) is 1. The summed E-state index contributed by atoms with van der Waals surface area (Å²) in [5.41, 5.74) is 0.116. The van der Waals surface area contributed by atoms with Gasteiger partial charge in [0.2, 0.25) is 0 Å². The van der Waals surface area contributed by atoms with Crippen LogP contribution in [0.4, 0.5) is 0 Å². The average molecular weight is 112 g/mol. The van der Waals surface area contributed by atoms with Crippen molar-refractivity contribution in [1.29, 1.82) is 0 Å². The predicted octanol–water partition coefficient (Wildman–Crippen LogP) is -0.0722. The number of carbonyl (C=O) groups is 1. The fourth-order valence-electron chi connectivity index (χ4n) is 0.377. The molecule has 1 heterocycles. The van der Waals surface area contributed by atoms with E-state index in [4.69, 9.17) is 5.11 Å². The summed E-state index contributed by atoms with van der Waals surface area (Å²) in [5, 5.41) is 14.3. The van der Waals surface area contributed by atoms with Crippen LogP contribution in [0.25, 0.3) is 0 Å². The van der Waals surface area contributed by atoms with Crippen LogP contribution in [0.15, 0.2) is 6.20 Å². The zero-order valence-corrected chi connectivity index (χ0v) is 3.96. The first-order valence-electron chi connectivity index (χ1n) is 2.02. The first kappa shape index (κ1) is 4.83. The first-order chi connectivity index (χ1) is 3.84. The third-order valence-electron chi connectivity index (χ3n) is 0.766. The van der Waals surface area contributed by atoms with E-state index in [9.17, 15) is 4.79 Å². The van der Waals surface area contributed by atoms with Crippen molar-refractivity contribution in [2.24, 2.45) is 0 Å². The summed E-state index contributed by atoms with van der Waals surface area (Å²) >= 11 is 0. The number of aromatic hydroxyl groups is 1. The highest BCUT2D eigenvalue weighted by molar-refractivity contribution is 5.75. The van der Waals surface area contributed by atoms with Gasteiger partial charge in [0.15, 0.2) is 12.0 Å². The fraction of sp³-hybridized carbons (Fsp3) is 0. The molecule has 0 bridgehead atoms. The summed E-state index contributed by atoms with van der Waals surface area (Å²) in [6.07, 6.45) is 1.67. The molecule has 0 aromatic carbocycles. The van der Waals surface area contributed by atoms with Crippen LogP contribution >= 0.6 is 0 Å². The maximum absolute atomic E-state index is 9.86. The molecule has 4 heteroatoms. The second-order valence-corrected chi connectivity index (χ2v) is 1.29. The topological polar surface area (TPSA) is 66.0 Å². The molecule has 0 atom stereocenters. The molecule has 1 rings (SSSR count). The van der Waals surface area contributed by atoms with Crippen LogP contribution in [-0.2, 0) is 0 Å². The van der Waals surface area contributed by atoms with E-state index in [2.05, 4.69) is 10.2 Å². The monoisotopic (exact) mass is 112 g/mol. The molecule has 0 fully saturated rings. The summed E-state index contributed by atoms with van der Waals surface area (Å²) < 4.78 is 0. The number of hydrogen-bond donors (Lipinski definition) is 2. The fourth-order valence-corrected chi connectivity index (χ4v) is 0.377. The molecule has 1 aromatic rings. The second-order valence-electron chi connectivity index (χ2n) is 1.29. The van der Waals surface area contributed by atoms with Crippen LogP contribution in [0.1, 0.15) is 10.5 Å². The quantitative estimate of drug-likeness (QED) is 0.499. The van der Waals surface area contributed by atoms with Gasteiger partial charge >= 0.3 is 0 Å². The van der Waals surface area contributed by atoms with Crippen LogP contribution in [0, 0.1) is 0 Å². The van der Waals surface area contributed by atoms with Gasteiger partial charge in [0, 0.05) is 0 Å². The number of nitrogens with zero attached hydrogens (tertiary/aromatic N) is 1. The Morgan fingerprint density at radius 3 is 2.88 bits per heavy atom. The van der Waals surface area contributed by atoms with E-state index in [-0.39, 0.29) is 11.4 Å². The molecule has 0 radical (unpaired) electrons. The molecule has 4 nitrogen and oxygen atoms in total. The van der Waals surface area contributed by atoms with Crippen molar-refractivity contribution in [3.05, 3.63) is 11.9 Å². The number of rotatable bonds is 1. The van der Waals surface area contributed by atoms with Crippen molar-refractivity contribution in [2.45, 2.75) is 0 Å². The number of aldehydes is 1. The highest BCUT2D eigenvalue weighted by Crippen LogP contribution is 2.07. The molecular formula is C4H4N2O2. The Morgan fingerprint density at radius 1 is 1.88 bits per heavy atom. The first-order valence-corrected chi connectivity index (χ1v) is 2.02. The van der Waals surface area contributed by atoms with Gasteiger partial charge in [-0.3, -0.25) is 9.89 Å². The van der Waals surface area contributed by atoms with Crippen LogP contribution in [-0.4, -0.2) is 21.6 Å². The van der Waals surface area contributed by atoms with Crippen LogP contribution in [0.2, 0.25) is 0 Å². The molecular weight excluding hydrogens is 108 g/mol. The molecule has 2 N–H and O–H groups in total. The van der Waals surface area contributed by atoms with Gasteiger partial charge in [-0.2, -0.15) is 5.10 Å². The van der Waals surface area contributed by atoms with E-state index in [0.717, 1.165) is 0 Å². The predicted molar refractivity (Wildman–Crippen MR) is 25.6 cm³/mol. The third kappa shape index (κ3) is 0.556. The zero-order chi connectivity index (χ0) is 5.98. The Bertz CT molecular complexity index is 194. The smallest absolute Gasteiger partial charge is 0.171 e. The Labute approximate surface area is 45.1 Å². The van der Waals surface area contributed by atoms with Gasteiger partial charge in [-0.05, 0) is 0 Å². The summed E-state index contributed by atoms with van der Waals surface area (Å²) in [4.78, 5) is 9.86. The summed E-state index contributed by atoms with van der Waals surface area (Å²) in [7, 11) is 0. The van der Waals surface area contributed by atoms with Crippen LogP contribution < -0.4 is 0 Å². The zero-order valence-electron chi connectivity index (χ0n) is 3.96. The lowest BCUT2D eigenvalue weighted by Crippen LogP contribution is -1.77. The minimum absolute atomic E-state index is 0.111. The minimum Gasteiger partial charge on any atom is -0.504 e. The number of hydrogen-bond acceptors (Lipinski definition) is 3. The molecule has 42 valence electrons. The van der Waals surface area contributed by atoms with E-state index in [1.54, 1.807) is 0 Å². The van der Waals surface area contributed by atoms with Crippen molar-refractivity contribution >= 4 is 6.29 Å². The molecule has 0 aliphatic heterocycles. The van der Waals surface area contributed by atoms with Crippen LogP contribution in [0.3, 0.4) is 0 Å². The Balaban J connectivity index is 3.09. The standard InChI is InChI=1S/C4H4N2O2/c7-2-3-4(8)1-5-6-3/h1-2,8H,(H,5,6). The van der Waals surface area contributed by atoms with E-state index in [0.29, 0.717) is 6.29 Å². The molecule has 8 heavy (non-hydrogen) atoms. The van der Waals surface area contributed by atoms with E-state index >= 15 is 0 Å². The van der Waals surface area contributed by atoms with E-state index < -0.39 is 0 Å². The molecule has 0 saturated heterocycles. The lowest BCUT2D eigenvalue weighted by atomic mass is 10.4. The normalized spacial score (nSPS) is 9.00. The number of aromatic nitrogens is 2. The Morgan fingerprint density at radius 2 is 2.62 bits per heavy atom. The largest absolute Gasteiger partial charge is 0.504 e. The average Bonchev–Trinajstić information content (AvgIpc) is 2.14. The maximum Gasteiger partial charge on any atom is 0.171 e. The van der Waals surface area contributed by atoms with E-state index in [1.807, 2.05) is 0 Å².